The maximum absolute atomic E-state index is 12.7. The maximum atomic E-state index is 12.7. The quantitative estimate of drug-likeness (QED) is 0.425. The summed E-state index contributed by atoms with van der Waals surface area (Å²) in [5.74, 6) is -4.96. The van der Waals surface area contributed by atoms with Crippen LogP contribution in [0.15, 0.2) is 0 Å². The molecule has 22 heavy (non-hydrogen) atoms. The normalized spacial score (nSPS) is 15.9. The van der Waals surface area contributed by atoms with Crippen molar-refractivity contribution in [2.24, 2.45) is 5.92 Å². The molecule has 2 nitrogen and oxygen atoms in total. The minimum Gasteiger partial charge on any atom is -0.480 e. The van der Waals surface area contributed by atoms with Crippen molar-refractivity contribution in [3.05, 3.63) is 0 Å². The van der Waals surface area contributed by atoms with E-state index in [9.17, 15) is 31.9 Å². The highest BCUT2D eigenvalue weighted by Crippen LogP contribution is 2.39. The van der Waals surface area contributed by atoms with Crippen LogP contribution >= 0.6 is 11.8 Å². The van der Waals surface area contributed by atoms with Crippen LogP contribution in [-0.4, -0.2) is 33.7 Å². The van der Waals surface area contributed by atoms with E-state index in [0.717, 1.165) is 0 Å². The topological polar surface area (TPSA) is 37.3 Å². The highest BCUT2D eigenvalue weighted by atomic mass is 32.2. The van der Waals surface area contributed by atoms with E-state index in [2.05, 4.69) is 0 Å². The second kappa shape index (κ2) is 8.36. The highest BCUT2D eigenvalue weighted by molar-refractivity contribution is 8.01. The molecule has 0 radical (unpaired) electrons. The molecule has 0 saturated heterocycles. The predicted molar refractivity (Wildman–Crippen MR) is 77.4 cm³/mol. The Morgan fingerprint density at radius 3 is 2.05 bits per heavy atom. The smallest absolute Gasteiger partial charge is 0.453 e. The Labute approximate surface area is 131 Å². The summed E-state index contributed by atoms with van der Waals surface area (Å²) in [6.07, 6.45) is -5.85. The average Bonchev–Trinajstić information content (AvgIpc) is 2.30. The molecule has 0 fully saturated rings. The fourth-order valence-corrected chi connectivity index (χ4v) is 3.43. The molecule has 0 amide bonds. The van der Waals surface area contributed by atoms with Gasteiger partial charge in [-0.25, -0.2) is 0 Å². The van der Waals surface area contributed by atoms with E-state index in [1.807, 2.05) is 13.8 Å². The van der Waals surface area contributed by atoms with Crippen molar-refractivity contribution in [2.75, 3.05) is 5.75 Å². The number of halogens is 5. The first-order chi connectivity index (χ1) is 9.82. The lowest BCUT2D eigenvalue weighted by atomic mass is 9.98. The Hall–Kier alpha value is -0.530. The van der Waals surface area contributed by atoms with Crippen LogP contribution in [0.3, 0.4) is 0 Å². The number of rotatable bonds is 10. The molecule has 0 saturated carbocycles. The van der Waals surface area contributed by atoms with Crippen molar-refractivity contribution in [3.8, 4) is 0 Å². The van der Waals surface area contributed by atoms with E-state index in [4.69, 9.17) is 0 Å². The Balaban J connectivity index is 4.10. The summed E-state index contributed by atoms with van der Waals surface area (Å²) in [5.41, 5.74) is 0. The molecule has 132 valence electrons. The number of unbranched alkanes of at least 4 members (excludes halogenated alkanes) is 2. The maximum Gasteiger partial charge on any atom is 0.453 e. The standard InChI is InChI=1S/C14H23F5O2S/c1-10(2)9-12(3,11(20)21)22-8-6-4-5-7-13(15,16)14(17,18)19/h10H,4-9H2,1-3H3,(H,20,21). The Kier molecular flexibility index (Phi) is 8.16. The average molecular weight is 350 g/mol. The van der Waals surface area contributed by atoms with Crippen LogP contribution in [0.4, 0.5) is 22.0 Å². The van der Waals surface area contributed by atoms with Gasteiger partial charge in [0, 0.05) is 6.42 Å². The molecule has 0 bridgehead atoms. The van der Waals surface area contributed by atoms with Gasteiger partial charge in [0.2, 0.25) is 0 Å². The number of carbonyl (C=O) groups is 1. The van der Waals surface area contributed by atoms with Gasteiger partial charge in [0.1, 0.15) is 4.75 Å². The molecule has 1 N–H and O–H groups in total. The molecule has 0 aromatic carbocycles. The third kappa shape index (κ3) is 7.15. The molecule has 0 heterocycles. The Morgan fingerprint density at radius 2 is 1.64 bits per heavy atom. The summed E-state index contributed by atoms with van der Waals surface area (Å²) >= 11 is 1.21. The number of thioether (sulfide) groups is 1. The van der Waals surface area contributed by atoms with Crippen LogP contribution in [0.1, 0.15) is 52.9 Å². The third-order valence-corrected chi connectivity index (χ3v) is 4.69. The molecule has 0 aromatic heterocycles. The molecule has 0 aliphatic rings. The first-order valence-corrected chi connectivity index (χ1v) is 8.12. The third-order valence-electron chi connectivity index (χ3n) is 3.22. The van der Waals surface area contributed by atoms with Crippen LogP contribution in [0, 0.1) is 5.92 Å². The predicted octanol–water partition coefficient (Wildman–Crippen LogP) is 5.37. The minimum absolute atomic E-state index is 0.194. The number of hydrogen-bond donors (Lipinski definition) is 1. The van der Waals surface area contributed by atoms with Crippen molar-refractivity contribution >= 4 is 17.7 Å². The van der Waals surface area contributed by atoms with Gasteiger partial charge >= 0.3 is 18.1 Å². The first kappa shape index (κ1) is 21.5. The van der Waals surface area contributed by atoms with E-state index in [0.29, 0.717) is 18.6 Å². The van der Waals surface area contributed by atoms with E-state index in [1.54, 1.807) is 6.92 Å². The van der Waals surface area contributed by atoms with Crippen LogP contribution in [0.2, 0.25) is 0 Å². The fourth-order valence-electron chi connectivity index (χ4n) is 2.05. The van der Waals surface area contributed by atoms with E-state index in [1.165, 1.54) is 11.8 Å². The zero-order valence-electron chi connectivity index (χ0n) is 13.0. The second-order valence-electron chi connectivity index (χ2n) is 6.00. The zero-order valence-corrected chi connectivity index (χ0v) is 13.8. The lowest BCUT2D eigenvalue weighted by Crippen LogP contribution is -2.36. The number of carboxylic acids is 1. The Morgan fingerprint density at radius 1 is 1.09 bits per heavy atom. The molecule has 8 heteroatoms. The van der Waals surface area contributed by atoms with Crippen LogP contribution in [0.5, 0.6) is 0 Å². The van der Waals surface area contributed by atoms with Gasteiger partial charge in [-0.1, -0.05) is 20.3 Å². The van der Waals surface area contributed by atoms with Crippen molar-refractivity contribution in [3.63, 3.8) is 0 Å². The largest absolute Gasteiger partial charge is 0.480 e. The molecule has 1 atom stereocenters. The van der Waals surface area contributed by atoms with Crippen LogP contribution in [0.25, 0.3) is 0 Å². The fraction of sp³-hybridized carbons (Fsp3) is 0.929. The van der Waals surface area contributed by atoms with Gasteiger partial charge in [0.15, 0.2) is 0 Å². The van der Waals surface area contributed by atoms with Gasteiger partial charge in [-0.05, 0) is 37.9 Å². The lowest BCUT2D eigenvalue weighted by molar-refractivity contribution is -0.284. The van der Waals surface area contributed by atoms with Crippen molar-refractivity contribution in [1.29, 1.82) is 0 Å². The molecule has 0 aromatic rings. The molecule has 0 rings (SSSR count). The monoisotopic (exact) mass is 350 g/mol. The molecular formula is C14H23F5O2S. The zero-order chi connectivity index (χ0) is 17.6. The summed E-state index contributed by atoms with van der Waals surface area (Å²) in [7, 11) is 0. The summed E-state index contributed by atoms with van der Waals surface area (Å²) in [5, 5.41) is 9.24. The number of aliphatic carboxylic acids is 1. The van der Waals surface area contributed by atoms with Gasteiger partial charge in [0.05, 0.1) is 0 Å². The van der Waals surface area contributed by atoms with Crippen LogP contribution < -0.4 is 0 Å². The number of hydrogen-bond acceptors (Lipinski definition) is 2. The minimum atomic E-state index is -5.50. The molecule has 0 spiro atoms. The van der Waals surface area contributed by atoms with Crippen molar-refractivity contribution < 1.29 is 31.9 Å². The van der Waals surface area contributed by atoms with E-state index >= 15 is 0 Å². The van der Waals surface area contributed by atoms with Gasteiger partial charge in [-0.15, -0.1) is 11.8 Å². The highest BCUT2D eigenvalue weighted by Gasteiger charge is 2.56. The summed E-state index contributed by atoms with van der Waals surface area (Å²) < 4.78 is 60.3. The molecule has 0 aliphatic carbocycles. The van der Waals surface area contributed by atoms with Gasteiger partial charge in [0.25, 0.3) is 0 Å². The lowest BCUT2D eigenvalue weighted by Gasteiger charge is -2.26. The van der Waals surface area contributed by atoms with E-state index in [-0.39, 0.29) is 18.8 Å². The van der Waals surface area contributed by atoms with Crippen LogP contribution in [-0.2, 0) is 4.79 Å². The Bertz CT molecular complexity index is 358. The first-order valence-electron chi connectivity index (χ1n) is 7.14. The molecular weight excluding hydrogens is 327 g/mol. The number of carboxylic acid groups (broad SMARTS) is 1. The summed E-state index contributed by atoms with van der Waals surface area (Å²) in [4.78, 5) is 11.3. The summed E-state index contributed by atoms with van der Waals surface area (Å²) in [6, 6.07) is 0. The molecule has 0 aliphatic heterocycles. The second-order valence-corrected chi connectivity index (χ2v) is 7.59. The molecule has 1 unspecified atom stereocenters. The van der Waals surface area contributed by atoms with Crippen molar-refractivity contribution in [1.82, 2.24) is 0 Å². The SMILES string of the molecule is CC(C)CC(C)(SCCCCCC(F)(F)C(F)(F)F)C(=O)O. The van der Waals surface area contributed by atoms with E-state index < -0.39 is 29.2 Å². The van der Waals surface area contributed by atoms with Crippen molar-refractivity contribution in [2.45, 2.75) is 69.7 Å². The van der Waals surface area contributed by atoms with Gasteiger partial charge in [-0.3, -0.25) is 4.79 Å². The van der Waals surface area contributed by atoms with Gasteiger partial charge < -0.3 is 5.11 Å². The summed E-state index contributed by atoms with van der Waals surface area (Å²) in [6.45, 7) is 5.42. The van der Waals surface area contributed by atoms with Gasteiger partial charge in [-0.2, -0.15) is 22.0 Å². The number of alkyl halides is 5.